The van der Waals surface area contributed by atoms with Gasteiger partial charge < -0.3 is 20.3 Å². The lowest BCUT2D eigenvalue weighted by atomic mass is 9.82. The molecule has 0 bridgehead atoms. The molecule has 1 aromatic carbocycles. The molecule has 0 atom stereocenters. The third kappa shape index (κ3) is 4.59. The average molecular weight is 386 g/mol. The molecule has 2 saturated carbocycles. The monoisotopic (exact) mass is 385 g/mol. The first-order valence-electron chi connectivity index (χ1n) is 10.7. The van der Waals surface area contributed by atoms with Crippen LogP contribution >= 0.6 is 0 Å². The van der Waals surface area contributed by atoms with Crippen LogP contribution in [-0.2, 0) is 4.79 Å². The van der Waals surface area contributed by atoms with Gasteiger partial charge in [-0.1, -0.05) is 25.0 Å². The van der Waals surface area contributed by atoms with E-state index in [1.165, 1.54) is 12.8 Å². The maximum atomic E-state index is 12.8. The molecule has 0 radical (unpaired) electrons. The number of nitrogens with one attached hydrogen (secondary N) is 2. The van der Waals surface area contributed by atoms with Crippen molar-refractivity contribution in [1.82, 2.24) is 10.2 Å². The Labute approximate surface area is 167 Å². The van der Waals surface area contributed by atoms with E-state index >= 15 is 0 Å². The predicted octanol–water partition coefficient (Wildman–Crippen LogP) is 3.78. The van der Waals surface area contributed by atoms with Crippen LogP contribution in [0.5, 0.6) is 5.75 Å². The van der Waals surface area contributed by atoms with Gasteiger partial charge in [-0.15, -0.1) is 0 Å². The topological polar surface area (TPSA) is 70.7 Å². The lowest BCUT2D eigenvalue weighted by Crippen LogP contribution is -2.57. The fourth-order valence-electron chi connectivity index (χ4n) is 4.15. The number of urea groups is 1. The second-order valence-corrected chi connectivity index (χ2v) is 8.54. The highest BCUT2D eigenvalue weighted by atomic mass is 16.5. The van der Waals surface area contributed by atoms with E-state index in [4.69, 9.17) is 4.74 Å². The zero-order valence-electron chi connectivity index (χ0n) is 16.7. The van der Waals surface area contributed by atoms with Gasteiger partial charge in [-0.25, -0.2) is 4.79 Å². The Hall–Kier alpha value is -2.24. The van der Waals surface area contributed by atoms with Crippen molar-refractivity contribution < 1.29 is 14.3 Å². The smallest absolute Gasteiger partial charge is 0.321 e. The Morgan fingerprint density at radius 2 is 1.86 bits per heavy atom. The molecule has 6 heteroatoms. The van der Waals surface area contributed by atoms with Gasteiger partial charge in [-0.3, -0.25) is 4.79 Å². The molecule has 1 aromatic rings. The van der Waals surface area contributed by atoms with Crippen molar-refractivity contribution in [3.63, 3.8) is 0 Å². The summed E-state index contributed by atoms with van der Waals surface area (Å²) in [5, 5.41) is 6.37. The summed E-state index contributed by atoms with van der Waals surface area (Å²) in [6, 6.07) is 7.42. The number of hydrogen-bond acceptors (Lipinski definition) is 3. The van der Waals surface area contributed by atoms with Crippen LogP contribution in [0.2, 0.25) is 0 Å². The molecule has 0 aromatic heterocycles. The number of anilines is 1. The number of hydrogen-bond donors (Lipinski definition) is 2. The highest BCUT2D eigenvalue weighted by molar-refractivity contribution is 5.91. The van der Waals surface area contributed by atoms with E-state index in [0.29, 0.717) is 31.1 Å². The Balaban J connectivity index is 1.36. The van der Waals surface area contributed by atoms with Gasteiger partial charge >= 0.3 is 6.03 Å². The molecule has 6 nitrogen and oxygen atoms in total. The number of para-hydroxylation sites is 2. The molecule has 3 fully saturated rings. The lowest BCUT2D eigenvalue weighted by Gasteiger charge is -2.42. The van der Waals surface area contributed by atoms with Crippen LogP contribution in [0, 0.1) is 11.8 Å². The SMILES string of the molecule is CCOc1ccccc1NC(=O)N1CCC(CC2CC2)(NC(=O)C2CC2)CC1. The van der Waals surface area contributed by atoms with Gasteiger partial charge in [-0.05, 0) is 57.1 Å². The first kappa shape index (κ1) is 19.1. The molecule has 1 aliphatic heterocycles. The molecule has 1 saturated heterocycles. The highest BCUT2D eigenvalue weighted by Crippen LogP contribution is 2.41. The molecular weight excluding hydrogens is 354 g/mol. The van der Waals surface area contributed by atoms with Crippen LogP contribution in [0.1, 0.15) is 51.9 Å². The van der Waals surface area contributed by atoms with Crippen molar-refractivity contribution in [2.24, 2.45) is 11.8 Å². The molecular formula is C22H31N3O3. The van der Waals surface area contributed by atoms with Crippen molar-refractivity contribution in [1.29, 1.82) is 0 Å². The second kappa shape index (κ2) is 8.02. The molecule has 2 N–H and O–H groups in total. The van der Waals surface area contributed by atoms with Crippen molar-refractivity contribution >= 4 is 17.6 Å². The van der Waals surface area contributed by atoms with Crippen LogP contribution in [0.25, 0.3) is 0 Å². The van der Waals surface area contributed by atoms with E-state index in [1.807, 2.05) is 36.1 Å². The first-order valence-corrected chi connectivity index (χ1v) is 10.7. The number of benzene rings is 1. The van der Waals surface area contributed by atoms with Crippen LogP contribution in [0.3, 0.4) is 0 Å². The Kier molecular flexibility index (Phi) is 5.47. The first-order chi connectivity index (χ1) is 13.6. The lowest BCUT2D eigenvalue weighted by molar-refractivity contribution is -0.125. The van der Waals surface area contributed by atoms with Gasteiger partial charge in [0, 0.05) is 24.5 Å². The summed E-state index contributed by atoms with van der Waals surface area (Å²) >= 11 is 0. The number of rotatable bonds is 7. The van der Waals surface area contributed by atoms with Gasteiger partial charge in [0.1, 0.15) is 5.75 Å². The maximum Gasteiger partial charge on any atom is 0.321 e. The standard InChI is InChI=1S/C22H31N3O3/c1-2-28-19-6-4-3-5-18(19)23-21(27)25-13-11-22(12-14-25,15-16-7-8-16)24-20(26)17-9-10-17/h3-6,16-17H,2,7-15H2,1H3,(H,23,27)(H,24,26). The summed E-state index contributed by atoms with van der Waals surface area (Å²) in [7, 11) is 0. The van der Waals surface area contributed by atoms with Gasteiger partial charge in [-0.2, -0.15) is 0 Å². The summed E-state index contributed by atoms with van der Waals surface area (Å²) in [6.45, 7) is 3.82. The minimum absolute atomic E-state index is 0.0966. The number of ether oxygens (including phenoxy) is 1. The van der Waals surface area contributed by atoms with E-state index in [-0.39, 0.29) is 23.4 Å². The third-order valence-corrected chi connectivity index (χ3v) is 6.15. The molecule has 3 amide bonds. The molecule has 152 valence electrons. The summed E-state index contributed by atoms with van der Waals surface area (Å²) in [5.41, 5.74) is 0.576. The number of nitrogens with zero attached hydrogens (tertiary/aromatic N) is 1. The zero-order chi connectivity index (χ0) is 19.6. The molecule has 3 aliphatic rings. The number of carbonyl (C=O) groups is 2. The Morgan fingerprint density at radius 1 is 1.14 bits per heavy atom. The largest absolute Gasteiger partial charge is 0.492 e. The summed E-state index contributed by atoms with van der Waals surface area (Å²) in [4.78, 5) is 27.1. The quantitative estimate of drug-likeness (QED) is 0.750. The molecule has 0 spiro atoms. The number of carbonyl (C=O) groups excluding carboxylic acids is 2. The van der Waals surface area contributed by atoms with E-state index in [1.54, 1.807) is 0 Å². The van der Waals surface area contributed by atoms with E-state index in [2.05, 4.69) is 10.6 Å². The van der Waals surface area contributed by atoms with Crippen LogP contribution in [-0.4, -0.2) is 42.1 Å². The fraction of sp³-hybridized carbons (Fsp3) is 0.636. The maximum absolute atomic E-state index is 12.8. The third-order valence-electron chi connectivity index (χ3n) is 6.15. The van der Waals surface area contributed by atoms with Gasteiger partial charge in [0.2, 0.25) is 5.91 Å². The van der Waals surface area contributed by atoms with Crippen molar-refractivity contribution in [2.75, 3.05) is 25.0 Å². The normalized spacial score (nSPS) is 21.1. The zero-order valence-corrected chi connectivity index (χ0v) is 16.7. The number of likely N-dealkylation sites (tertiary alicyclic amines) is 1. The van der Waals surface area contributed by atoms with Crippen molar-refractivity contribution in [3.8, 4) is 5.75 Å². The second-order valence-electron chi connectivity index (χ2n) is 8.54. The number of piperidine rings is 1. The fourth-order valence-corrected chi connectivity index (χ4v) is 4.15. The summed E-state index contributed by atoms with van der Waals surface area (Å²) in [6.07, 6.45) is 7.34. The van der Waals surface area contributed by atoms with Crippen molar-refractivity contribution in [2.45, 2.75) is 57.4 Å². The van der Waals surface area contributed by atoms with Crippen LogP contribution in [0.4, 0.5) is 10.5 Å². The van der Waals surface area contributed by atoms with E-state index in [0.717, 1.165) is 38.0 Å². The van der Waals surface area contributed by atoms with Crippen LogP contribution < -0.4 is 15.4 Å². The highest BCUT2D eigenvalue weighted by Gasteiger charge is 2.43. The van der Waals surface area contributed by atoms with Gasteiger partial charge in [0.25, 0.3) is 0 Å². The van der Waals surface area contributed by atoms with E-state index < -0.39 is 0 Å². The molecule has 28 heavy (non-hydrogen) atoms. The number of amides is 3. The minimum atomic E-state index is -0.124. The molecule has 2 aliphatic carbocycles. The van der Waals surface area contributed by atoms with E-state index in [9.17, 15) is 9.59 Å². The predicted molar refractivity (Wildman–Crippen MR) is 108 cm³/mol. The molecule has 0 unspecified atom stereocenters. The molecule has 1 heterocycles. The van der Waals surface area contributed by atoms with Gasteiger partial charge in [0.15, 0.2) is 0 Å². The van der Waals surface area contributed by atoms with Gasteiger partial charge in [0.05, 0.1) is 12.3 Å². The Bertz CT molecular complexity index is 719. The minimum Gasteiger partial charge on any atom is -0.492 e. The Morgan fingerprint density at radius 3 is 2.50 bits per heavy atom. The average Bonchev–Trinajstić information content (AvgIpc) is 3.58. The molecule has 4 rings (SSSR count). The van der Waals surface area contributed by atoms with Crippen molar-refractivity contribution in [3.05, 3.63) is 24.3 Å². The summed E-state index contributed by atoms with van der Waals surface area (Å²) < 4.78 is 5.60. The van der Waals surface area contributed by atoms with Crippen LogP contribution in [0.15, 0.2) is 24.3 Å². The summed E-state index contributed by atoms with van der Waals surface area (Å²) in [5.74, 6) is 1.89.